The van der Waals surface area contributed by atoms with Gasteiger partial charge in [0.15, 0.2) is 0 Å². The fraction of sp³-hybridized carbons (Fsp3) is 0.348. The second-order valence-electron chi connectivity index (χ2n) is 9.42. The summed E-state index contributed by atoms with van der Waals surface area (Å²) in [6, 6.07) is 14.1. The Balaban J connectivity index is 2.04. The second-order valence-corrected chi connectivity index (χ2v) is 29.6. The number of nitrogens with zero attached hydrogens (tertiary/aromatic N) is 1. The zero-order valence-electron chi connectivity index (χ0n) is 16.9. The Kier molecular flexibility index (Phi) is 4.39. The molecule has 0 saturated heterocycles. The number of hydrogen-bond donors (Lipinski definition) is 0. The SMILES string of the molecule is Cc1cc(C)cc(-c2nccc3c[c]4[c](cc23)[Ge]([CH3])([CH3])[CH2][CH2][Ge]4([CH3])[CH3])c1. The molecule has 1 aliphatic heterocycles. The van der Waals surface area contributed by atoms with E-state index < -0.39 is 26.5 Å². The summed E-state index contributed by atoms with van der Waals surface area (Å²) in [4.78, 5) is 4.83. The van der Waals surface area contributed by atoms with Crippen LogP contribution in [0.4, 0.5) is 0 Å². The first-order chi connectivity index (χ1) is 12.2. The van der Waals surface area contributed by atoms with Crippen LogP contribution in [0.5, 0.6) is 0 Å². The van der Waals surface area contributed by atoms with Gasteiger partial charge in [-0.2, -0.15) is 0 Å². The minimum absolute atomic E-state index is 1.16. The van der Waals surface area contributed by atoms with Crippen LogP contribution in [0.25, 0.3) is 22.0 Å². The van der Waals surface area contributed by atoms with Gasteiger partial charge >= 0.3 is 163 Å². The van der Waals surface area contributed by atoms with Crippen molar-refractivity contribution in [2.24, 2.45) is 0 Å². The summed E-state index contributed by atoms with van der Waals surface area (Å²) in [5.74, 6) is 10.4. The van der Waals surface area contributed by atoms with Crippen LogP contribution in [0.15, 0.2) is 42.6 Å². The maximum atomic E-state index is 4.83. The van der Waals surface area contributed by atoms with E-state index in [0.717, 1.165) is 5.69 Å². The molecule has 0 amide bonds. The first kappa shape index (κ1) is 18.3. The molecule has 0 radical (unpaired) electrons. The van der Waals surface area contributed by atoms with Gasteiger partial charge in [-0.15, -0.1) is 0 Å². The second kappa shape index (κ2) is 6.24. The van der Waals surface area contributed by atoms with Crippen LogP contribution >= 0.6 is 0 Å². The van der Waals surface area contributed by atoms with Crippen molar-refractivity contribution in [3.05, 3.63) is 53.7 Å². The van der Waals surface area contributed by atoms with Crippen molar-refractivity contribution in [1.29, 1.82) is 0 Å². The van der Waals surface area contributed by atoms with Crippen molar-refractivity contribution in [2.75, 3.05) is 0 Å². The van der Waals surface area contributed by atoms with E-state index in [1.165, 1.54) is 38.0 Å². The van der Waals surface area contributed by atoms with Crippen molar-refractivity contribution in [3.63, 3.8) is 0 Å². The van der Waals surface area contributed by atoms with Crippen molar-refractivity contribution >= 4 is 46.1 Å². The quantitative estimate of drug-likeness (QED) is 0.442. The van der Waals surface area contributed by atoms with Gasteiger partial charge in [0.1, 0.15) is 0 Å². The zero-order chi connectivity index (χ0) is 18.7. The first-order valence-corrected chi connectivity index (χ1v) is 23.2. The number of pyridine rings is 1. The van der Waals surface area contributed by atoms with Crippen LogP contribution in [0.2, 0.25) is 33.5 Å². The van der Waals surface area contributed by atoms with Gasteiger partial charge in [-0.1, -0.05) is 0 Å². The van der Waals surface area contributed by atoms with E-state index in [9.17, 15) is 0 Å². The first-order valence-electron chi connectivity index (χ1n) is 9.70. The summed E-state index contributed by atoms with van der Waals surface area (Å²) in [5.41, 5.74) is 5.04. The van der Waals surface area contributed by atoms with Gasteiger partial charge in [0.2, 0.25) is 0 Å². The molecular formula is C23H29Ge2N. The Hall–Kier alpha value is -1.06. The number of benzene rings is 2. The van der Waals surface area contributed by atoms with Crippen LogP contribution in [0.1, 0.15) is 11.1 Å². The van der Waals surface area contributed by atoms with E-state index in [0.29, 0.717) is 0 Å². The predicted molar refractivity (Wildman–Crippen MR) is 120 cm³/mol. The molecule has 0 aliphatic carbocycles. The molecule has 134 valence electrons. The Bertz CT molecular complexity index is 998. The molecule has 0 spiro atoms. The Morgan fingerprint density at radius 2 is 1.35 bits per heavy atom. The molecule has 4 rings (SSSR count). The molecule has 2 aromatic carbocycles. The fourth-order valence-corrected chi connectivity index (χ4v) is 35.0. The number of rotatable bonds is 1. The van der Waals surface area contributed by atoms with E-state index in [1.54, 1.807) is 8.79 Å². The molecule has 26 heavy (non-hydrogen) atoms. The van der Waals surface area contributed by atoms with Gasteiger partial charge < -0.3 is 0 Å². The molecule has 2 heterocycles. The summed E-state index contributed by atoms with van der Waals surface area (Å²) >= 11 is -3.77. The van der Waals surface area contributed by atoms with Crippen LogP contribution in [0.3, 0.4) is 0 Å². The van der Waals surface area contributed by atoms with Crippen LogP contribution in [0, 0.1) is 13.8 Å². The number of aryl methyl sites for hydroxylation is 2. The van der Waals surface area contributed by atoms with Crippen molar-refractivity contribution in [1.82, 2.24) is 4.98 Å². The average Bonchev–Trinajstić information content (AvgIpc) is 2.56. The van der Waals surface area contributed by atoms with Crippen molar-refractivity contribution < 1.29 is 0 Å². The van der Waals surface area contributed by atoms with Crippen molar-refractivity contribution in [3.8, 4) is 11.3 Å². The average molecular weight is 465 g/mol. The summed E-state index contributed by atoms with van der Waals surface area (Å²) in [7, 11) is 0. The Labute approximate surface area is 163 Å². The summed E-state index contributed by atoms with van der Waals surface area (Å²) in [6.07, 6.45) is 2.00. The Morgan fingerprint density at radius 3 is 1.96 bits per heavy atom. The molecule has 0 fully saturated rings. The zero-order valence-corrected chi connectivity index (χ0v) is 21.1. The minimum atomic E-state index is -1.91. The molecule has 0 atom stereocenters. The molecule has 3 heteroatoms. The molecule has 1 aromatic heterocycles. The van der Waals surface area contributed by atoms with Gasteiger partial charge in [-0.25, -0.2) is 0 Å². The molecular weight excluding hydrogens is 435 g/mol. The summed E-state index contributed by atoms with van der Waals surface area (Å²) in [6.45, 7) is 4.36. The van der Waals surface area contributed by atoms with Gasteiger partial charge in [-0.05, 0) is 0 Å². The van der Waals surface area contributed by atoms with Crippen LogP contribution in [-0.4, -0.2) is 31.5 Å². The standard InChI is InChI=1S/C23H29Ge2N/c1-16-11-17(2)13-19(12-16)23-20-15-22-21(14-18(20)7-10-26-23)24(3,4)8-9-25(22,5)6/h7,10-15H,8-9H2,1-6H3. The monoisotopic (exact) mass is 467 g/mol. The number of aromatic nitrogens is 1. The molecule has 0 unspecified atom stereocenters. The third-order valence-corrected chi connectivity index (χ3v) is 23.7. The van der Waals surface area contributed by atoms with E-state index in [2.05, 4.69) is 73.3 Å². The van der Waals surface area contributed by atoms with Gasteiger partial charge in [0.25, 0.3) is 0 Å². The van der Waals surface area contributed by atoms with E-state index in [1.807, 2.05) is 6.20 Å². The molecule has 0 N–H and O–H groups in total. The van der Waals surface area contributed by atoms with Crippen LogP contribution < -0.4 is 8.79 Å². The van der Waals surface area contributed by atoms with E-state index in [4.69, 9.17) is 4.98 Å². The third-order valence-electron chi connectivity index (χ3n) is 6.23. The Morgan fingerprint density at radius 1 is 0.769 bits per heavy atom. The molecule has 3 aromatic rings. The van der Waals surface area contributed by atoms with Gasteiger partial charge in [-0.3, -0.25) is 0 Å². The van der Waals surface area contributed by atoms with Crippen LogP contribution in [-0.2, 0) is 0 Å². The normalized spacial score (nSPS) is 17.9. The van der Waals surface area contributed by atoms with Gasteiger partial charge in [0.05, 0.1) is 0 Å². The topological polar surface area (TPSA) is 12.9 Å². The van der Waals surface area contributed by atoms with Crippen molar-refractivity contribution in [2.45, 2.75) is 47.4 Å². The third kappa shape index (κ3) is 3.07. The maximum absolute atomic E-state index is 4.83. The van der Waals surface area contributed by atoms with E-state index in [-0.39, 0.29) is 0 Å². The summed E-state index contributed by atoms with van der Waals surface area (Å²) < 4.78 is 3.55. The summed E-state index contributed by atoms with van der Waals surface area (Å²) in [5, 5.41) is 5.76. The molecule has 0 bridgehead atoms. The number of hydrogen-bond acceptors (Lipinski definition) is 1. The predicted octanol–water partition coefficient (Wildman–Crippen LogP) is 5.36. The molecule has 1 nitrogen and oxygen atoms in total. The molecule has 1 aliphatic rings. The number of fused-ring (bicyclic) bond motifs is 2. The van der Waals surface area contributed by atoms with E-state index >= 15 is 0 Å². The fourth-order valence-electron chi connectivity index (χ4n) is 4.58. The van der Waals surface area contributed by atoms with Gasteiger partial charge in [0, 0.05) is 0 Å². The molecule has 0 saturated carbocycles.